The summed E-state index contributed by atoms with van der Waals surface area (Å²) >= 11 is 0. The molecule has 1 saturated heterocycles. The van der Waals surface area contributed by atoms with Crippen molar-refractivity contribution in [3.05, 3.63) is 12.2 Å². The second-order valence-electron chi connectivity index (χ2n) is 4.54. The van der Waals surface area contributed by atoms with Crippen LogP contribution in [0.5, 0.6) is 0 Å². The molecule has 2 bridgehead atoms. The summed E-state index contributed by atoms with van der Waals surface area (Å²) in [4.78, 5) is 13.5. The maximum atomic E-state index is 11.6. The van der Waals surface area contributed by atoms with Gasteiger partial charge >= 0.3 is 6.09 Å². The van der Waals surface area contributed by atoms with Crippen LogP contribution in [-0.4, -0.2) is 30.7 Å². The van der Waals surface area contributed by atoms with Crippen molar-refractivity contribution in [1.29, 1.82) is 0 Å². The molecule has 3 unspecified atom stereocenters. The molecule has 0 radical (unpaired) electrons. The maximum Gasteiger partial charge on any atom is 0.410 e. The number of hydrogen-bond donors (Lipinski definition) is 0. The van der Waals surface area contributed by atoms with Crippen LogP contribution in [-0.2, 0) is 4.74 Å². The molecule has 3 atom stereocenters. The first-order valence-corrected chi connectivity index (χ1v) is 5.79. The zero-order chi connectivity index (χ0) is 10.8. The molecular formula is C12H19NO2. The van der Waals surface area contributed by atoms with Crippen LogP contribution in [0.2, 0.25) is 0 Å². The number of carbonyl (C=O) groups excluding carboxylic acids is 1. The van der Waals surface area contributed by atoms with Gasteiger partial charge in [0.15, 0.2) is 0 Å². The summed E-state index contributed by atoms with van der Waals surface area (Å²) in [5.41, 5.74) is 0. The van der Waals surface area contributed by atoms with Gasteiger partial charge in [-0.05, 0) is 24.7 Å². The fourth-order valence-corrected chi connectivity index (χ4v) is 2.88. The highest BCUT2D eigenvalue weighted by molar-refractivity contribution is 5.68. The fraction of sp³-hybridized carbons (Fsp3) is 0.750. The van der Waals surface area contributed by atoms with Gasteiger partial charge in [0.2, 0.25) is 0 Å². The minimum absolute atomic E-state index is 0.171. The quantitative estimate of drug-likeness (QED) is 0.654. The van der Waals surface area contributed by atoms with Crippen molar-refractivity contribution in [3.8, 4) is 0 Å². The van der Waals surface area contributed by atoms with Crippen molar-refractivity contribution in [2.45, 2.75) is 32.2 Å². The van der Waals surface area contributed by atoms with Crippen molar-refractivity contribution >= 4 is 6.09 Å². The highest BCUT2D eigenvalue weighted by Gasteiger charge is 2.39. The summed E-state index contributed by atoms with van der Waals surface area (Å²) in [6, 6.07) is 0.280. The lowest BCUT2D eigenvalue weighted by Gasteiger charge is -2.45. The van der Waals surface area contributed by atoms with Crippen molar-refractivity contribution in [1.82, 2.24) is 4.90 Å². The van der Waals surface area contributed by atoms with Gasteiger partial charge in [-0.2, -0.15) is 0 Å². The highest BCUT2D eigenvalue weighted by atomic mass is 16.5. The predicted octanol–water partition coefficient (Wildman–Crippen LogP) is 2.43. The monoisotopic (exact) mass is 209 g/mol. The lowest BCUT2D eigenvalue weighted by molar-refractivity contribution is 0.0583. The Bertz CT molecular complexity index is 275. The van der Waals surface area contributed by atoms with Crippen LogP contribution in [0.25, 0.3) is 0 Å². The van der Waals surface area contributed by atoms with Crippen molar-refractivity contribution < 1.29 is 9.53 Å². The third kappa shape index (κ3) is 1.87. The van der Waals surface area contributed by atoms with Crippen molar-refractivity contribution in [2.75, 3.05) is 13.7 Å². The van der Waals surface area contributed by atoms with Gasteiger partial charge < -0.3 is 9.64 Å². The predicted molar refractivity (Wildman–Crippen MR) is 58.5 cm³/mol. The van der Waals surface area contributed by atoms with Crippen molar-refractivity contribution in [3.63, 3.8) is 0 Å². The summed E-state index contributed by atoms with van der Waals surface area (Å²) < 4.78 is 4.82. The molecule has 0 N–H and O–H groups in total. The number of piperidine rings is 1. The van der Waals surface area contributed by atoms with E-state index >= 15 is 0 Å². The van der Waals surface area contributed by atoms with E-state index in [2.05, 4.69) is 19.1 Å². The molecule has 0 aromatic heterocycles. The van der Waals surface area contributed by atoms with E-state index in [1.807, 2.05) is 4.90 Å². The summed E-state index contributed by atoms with van der Waals surface area (Å²) in [5.74, 6) is 1.18. The third-order valence-corrected chi connectivity index (χ3v) is 3.53. The second kappa shape index (κ2) is 4.25. The van der Waals surface area contributed by atoms with Gasteiger partial charge in [-0.15, -0.1) is 0 Å². The normalized spacial score (nSPS) is 33.2. The lowest BCUT2D eigenvalue weighted by atomic mass is 9.76. The van der Waals surface area contributed by atoms with Crippen LogP contribution in [0, 0.1) is 11.8 Å². The first-order valence-electron chi connectivity index (χ1n) is 5.79. The molecule has 2 heterocycles. The Hall–Kier alpha value is -0.990. The first-order chi connectivity index (χ1) is 7.26. The number of hydrogen-bond acceptors (Lipinski definition) is 2. The van der Waals surface area contributed by atoms with Crippen LogP contribution >= 0.6 is 0 Å². The Morgan fingerprint density at radius 3 is 2.93 bits per heavy atom. The van der Waals surface area contributed by atoms with Gasteiger partial charge in [-0.25, -0.2) is 4.79 Å². The summed E-state index contributed by atoms with van der Waals surface area (Å²) in [5, 5.41) is 0. The Morgan fingerprint density at radius 2 is 2.33 bits per heavy atom. The average Bonchev–Trinajstić information content (AvgIpc) is 2.29. The largest absolute Gasteiger partial charge is 0.453 e. The fourth-order valence-electron chi connectivity index (χ4n) is 2.88. The molecular weight excluding hydrogens is 190 g/mol. The van der Waals surface area contributed by atoms with Crippen LogP contribution in [0.1, 0.15) is 26.2 Å². The van der Waals surface area contributed by atoms with Gasteiger partial charge in [0.05, 0.1) is 13.2 Å². The number of ether oxygens (including phenoxy) is 1. The molecule has 1 amide bonds. The van der Waals surface area contributed by atoms with Gasteiger partial charge in [0.1, 0.15) is 0 Å². The molecule has 0 aromatic carbocycles. The molecule has 1 aliphatic carbocycles. The number of nitrogens with zero attached hydrogens (tertiary/aromatic N) is 1. The molecule has 3 aliphatic rings. The van der Waals surface area contributed by atoms with E-state index in [4.69, 9.17) is 4.74 Å². The van der Waals surface area contributed by atoms with Gasteiger partial charge in [0, 0.05) is 6.54 Å². The zero-order valence-electron chi connectivity index (χ0n) is 9.48. The van der Waals surface area contributed by atoms with Gasteiger partial charge in [0.25, 0.3) is 0 Å². The summed E-state index contributed by atoms with van der Waals surface area (Å²) in [6.45, 7) is 3.04. The minimum atomic E-state index is -0.171. The number of carbonyl (C=O) groups is 1. The molecule has 2 aliphatic heterocycles. The van der Waals surface area contributed by atoms with Gasteiger partial charge in [-0.3, -0.25) is 0 Å². The van der Waals surface area contributed by atoms with E-state index in [-0.39, 0.29) is 12.1 Å². The van der Waals surface area contributed by atoms with Crippen LogP contribution in [0.3, 0.4) is 0 Å². The first kappa shape index (κ1) is 10.5. The molecule has 3 nitrogen and oxygen atoms in total. The molecule has 15 heavy (non-hydrogen) atoms. The van der Waals surface area contributed by atoms with Crippen LogP contribution in [0.15, 0.2) is 12.2 Å². The molecule has 0 spiro atoms. The van der Waals surface area contributed by atoms with Crippen LogP contribution in [0.4, 0.5) is 4.79 Å². The molecule has 3 rings (SSSR count). The molecule has 84 valence electrons. The van der Waals surface area contributed by atoms with E-state index in [9.17, 15) is 4.79 Å². The van der Waals surface area contributed by atoms with Crippen molar-refractivity contribution in [2.24, 2.45) is 11.8 Å². The van der Waals surface area contributed by atoms with E-state index in [0.717, 1.165) is 6.54 Å². The van der Waals surface area contributed by atoms with E-state index in [1.165, 1.54) is 26.4 Å². The Balaban J connectivity index is 2.11. The Labute approximate surface area is 91.1 Å². The standard InChI is InChI=1S/C12H19NO2/c1-3-4-10-7-9-5-6-11(10)13(8-9)12(14)15-2/h5-6,9-11H,3-4,7-8H2,1-2H3. The molecule has 3 heteroatoms. The van der Waals surface area contributed by atoms with E-state index in [0.29, 0.717) is 11.8 Å². The SMILES string of the molecule is CCCC1CC2C=CC1N(C(=O)OC)C2. The number of rotatable bonds is 2. The van der Waals surface area contributed by atoms with Gasteiger partial charge in [-0.1, -0.05) is 25.5 Å². The topological polar surface area (TPSA) is 29.5 Å². The average molecular weight is 209 g/mol. The third-order valence-electron chi connectivity index (χ3n) is 3.53. The molecule has 0 aromatic rings. The maximum absolute atomic E-state index is 11.6. The smallest absolute Gasteiger partial charge is 0.410 e. The Morgan fingerprint density at radius 1 is 1.53 bits per heavy atom. The summed E-state index contributed by atoms with van der Waals surface area (Å²) in [6.07, 6.45) is 7.92. The van der Waals surface area contributed by atoms with Crippen LogP contribution < -0.4 is 0 Å². The second-order valence-corrected chi connectivity index (χ2v) is 4.54. The number of methoxy groups -OCH3 is 1. The minimum Gasteiger partial charge on any atom is -0.453 e. The number of amides is 1. The summed E-state index contributed by atoms with van der Waals surface area (Å²) in [7, 11) is 1.46. The number of fused-ring (bicyclic) bond motifs is 2. The molecule has 0 saturated carbocycles. The highest BCUT2D eigenvalue weighted by Crippen LogP contribution is 2.36. The molecule has 1 fully saturated rings. The zero-order valence-corrected chi connectivity index (χ0v) is 9.48. The Kier molecular flexibility index (Phi) is 2.98. The lowest BCUT2D eigenvalue weighted by Crippen LogP contribution is -2.52. The van der Waals surface area contributed by atoms with E-state index in [1.54, 1.807) is 0 Å². The van der Waals surface area contributed by atoms with E-state index < -0.39 is 0 Å².